The van der Waals surface area contributed by atoms with Gasteiger partial charge in [0, 0.05) is 16.2 Å². The van der Waals surface area contributed by atoms with Gasteiger partial charge in [-0.15, -0.1) is 0 Å². The molecule has 0 spiro atoms. The third-order valence-electron chi connectivity index (χ3n) is 2.34. The van der Waals surface area contributed by atoms with Crippen LogP contribution in [0.1, 0.15) is 5.56 Å². The highest BCUT2D eigenvalue weighted by Crippen LogP contribution is 2.24. The van der Waals surface area contributed by atoms with E-state index in [4.69, 9.17) is 10.5 Å². The van der Waals surface area contributed by atoms with E-state index in [1.165, 1.54) is 18.2 Å². The normalized spacial score (nSPS) is 10.4. The van der Waals surface area contributed by atoms with Gasteiger partial charge in [-0.25, -0.2) is 8.78 Å². The van der Waals surface area contributed by atoms with Crippen LogP contribution in [0, 0.1) is 11.6 Å². The Morgan fingerprint density at radius 3 is 2.39 bits per heavy atom. The summed E-state index contributed by atoms with van der Waals surface area (Å²) in [6.45, 7) is -0.186. The number of anilines is 1. The summed E-state index contributed by atoms with van der Waals surface area (Å²) in [6.07, 6.45) is 0. The SMILES string of the molecule is Nc1cc(Br)cc(OCc2c(F)cccc2F)c1. The van der Waals surface area contributed by atoms with Gasteiger partial charge < -0.3 is 10.5 Å². The van der Waals surface area contributed by atoms with Crippen molar-refractivity contribution in [2.75, 3.05) is 5.73 Å². The molecule has 0 amide bonds. The first-order valence-corrected chi connectivity index (χ1v) is 5.97. The number of hydrogen-bond acceptors (Lipinski definition) is 2. The second-order valence-electron chi connectivity index (χ2n) is 3.71. The first-order valence-electron chi connectivity index (χ1n) is 5.18. The molecule has 0 bridgehead atoms. The Bertz CT molecular complexity index is 534. The topological polar surface area (TPSA) is 35.2 Å². The van der Waals surface area contributed by atoms with Gasteiger partial charge in [0.15, 0.2) is 0 Å². The second kappa shape index (κ2) is 5.35. The van der Waals surface area contributed by atoms with Crippen molar-refractivity contribution < 1.29 is 13.5 Å². The summed E-state index contributed by atoms with van der Waals surface area (Å²) >= 11 is 3.26. The third-order valence-corrected chi connectivity index (χ3v) is 2.80. The molecule has 18 heavy (non-hydrogen) atoms. The molecule has 2 aromatic carbocycles. The molecule has 0 saturated carbocycles. The van der Waals surface area contributed by atoms with Gasteiger partial charge >= 0.3 is 0 Å². The molecule has 0 heterocycles. The Morgan fingerprint density at radius 2 is 1.78 bits per heavy atom. The molecule has 0 fully saturated rings. The molecule has 0 unspecified atom stereocenters. The van der Waals surface area contributed by atoms with Gasteiger partial charge in [0.2, 0.25) is 0 Å². The Kier molecular flexibility index (Phi) is 3.81. The summed E-state index contributed by atoms with van der Waals surface area (Å²) in [4.78, 5) is 0. The van der Waals surface area contributed by atoms with E-state index in [2.05, 4.69) is 15.9 Å². The number of rotatable bonds is 3. The fourth-order valence-electron chi connectivity index (χ4n) is 1.49. The highest BCUT2D eigenvalue weighted by Gasteiger charge is 2.09. The fourth-order valence-corrected chi connectivity index (χ4v) is 1.98. The molecular formula is C13H10BrF2NO. The van der Waals surface area contributed by atoms with Crippen molar-refractivity contribution in [1.82, 2.24) is 0 Å². The number of nitrogens with two attached hydrogens (primary N) is 1. The fraction of sp³-hybridized carbons (Fsp3) is 0.0769. The van der Waals surface area contributed by atoms with Crippen molar-refractivity contribution >= 4 is 21.6 Å². The number of ether oxygens (including phenoxy) is 1. The maximum absolute atomic E-state index is 13.4. The summed E-state index contributed by atoms with van der Waals surface area (Å²) in [7, 11) is 0. The smallest absolute Gasteiger partial charge is 0.132 e. The molecule has 5 heteroatoms. The average Bonchev–Trinajstić information content (AvgIpc) is 2.27. The molecule has 2 rings (SSSR count). The van der Waals surface area contributed by atoms with Gasteiger partial charge in [0.25, 0.3) is 0 Å². The van der Waals surface area contributed by atoms with Crippen LogP contribution in [-0.2, 0) is 6.61 Å². The molecule has 0 radical (unpaired) electrons. The van der Waals surface area contributed by atoms with E-state index in [1.807, 2.05) is 0 Å². The summed E-state index contributed by atoms with van der Waals surface area (Å²) in [5, 5.41) is 0. The molecule has 0 aromatic heterocycles. The van der Waals surface area contributed by atoms with Gasteiger partial charge in [-0.05, 0) is 24.3 Å². The van der Waals surface area contributed by atoms with Crippen molar-refractivity contribution in [1.29, 1.82) is 0 Å². The van der Waals surface area contributed by atoms with Gasteiger partial charge in [-0.2, -0.15) is 0 Å². The van der Waals surface area contributed by atoms with Crippen LogP contribution in [0.5, 0.6) is 5.75 Å². The second-order valence-corrected chi connectivity index (χ2v) is 4.62. The van der Waals surface area contributed by atoms with E-state index in [0.717, 1.165) is 4.47 Å². The zero-order valence-electron chi connectivity index (χ0n) is 9.29. The summed E-state index contributed by atoms with van der Waals surface area (Å²) in [5.41, 5.74) is 6.04. The van der Waals surface area contributed by atoms with Crippen molar-refractivity contribution in [2.45, 2.75) is 6.61 Å². The van der Waals surface area contributed by atoms with Gasteiger partial charge in [0.05, 0.1) is 5.56 Å². The molecule has 94 valence electrons. The van der Waals surface area contributed by atoms with Crippen LogP contribution in [0.25, 0.3) is 0 Å². The van der Waals surface area contributed by atoms with E-state index in [9.17, 15) is 8.78 Å². The standard InChI is InChI=1S/C13H10BrF2NO/c14-8-4-9(17)6-10(5-8)18-7-11-12(15)2-1-3-13(11)16/h1-6H,7,17H2. The molecule has 0 atom stereocenters. The zero-order chi connectivity index (χ0) is 13.1. The predicted molar refractivity (Wildman–Crippen MR) is 69.2 cm³/mol. The van der Waals surface area contributed by atoms with E-state index >= 15 is 0 Å². The van der Waals surface area contributed by atoms with Crippen LogP contribution < -0.4 is 10.5 Å². The highest BCUT2D eigenvalue weighted by molar-refractivity contribution is 9.10. The summed E-state index contributed by atoms with van der Waals surface area (Å²) in [6, 6.07) is 8.66. The summed E-state index contributed by atoms with van der Waals surface area (Å²) in [5.74, 6) is -0.805. The molecule has 2 N–H and O–H groups in total. The van der Waals surface area contributed by atoms with E-state index in [-0.39, 0.29) is 12.2 Å². The maximum Gasteiger partial charge on any atom is 0.132 e. The largest absolute Gasteiger partial charge is 0.489 e. The van der Waals surface area contributed by atoms with Crippen LogP contribution >= 0.6 is 15.9 Å². The van der Waals surface area contributed by atoms with Crippen molar-refractivity contribution in [3.63, 3.8) is 0 Å². The molecular weight excluding hydrogens is 304 g/mol. The number of halogens is 3. The molecule has 2 nitrogen and oxygen atoms in total. The lowest BCUT2D eigenvalue weighted by Gasteiger charge is -2.09. The van der Waals surface area contributed by atoms with E-state index in [1.54, 1.807) is 18.2 Å². The highest BCUT2D eigenvalue weighted by atomic mass is 79.9. The lowest BCUT2D eigenvalue weighted by Crippen LogP contribution is -2.02. The predicted octanol–water partition coefficient (Wildman–Crippen LogP) is 3.89. The minimum atomic E-state index is -0.627. The Morgan fingerprint density at radius 1 is 1.11 bits per heavy atom. The van der Waals surface area contributed by atoms with Crippen molar-refractivity contribution in [3.8, 4) is 5.75 Å². The van der Waals surface area contributed by atoms with Gasteiger partial charge in [-0.3, -0.25) is 0 Å². The van der Waals surface area contributed by atoms with E-state index < -0.39 is 11.6 Å². The molecule has 0 aliphatic heterocycles. The molecule has 0 aliphatic rings. The van der Waals surface area contributed by atoms with E-state index in [0.29, 0.717) is 11.4 Å². The molecule has 0 aliphatic carbocycles. The quantitative estimate of drug-likeness (QED) is 0.873. The summed E-state index contributed by atoms with van der Waals surface area (Å²) < 4.78 is 32.8. The Balaban J connectivity index is 2.16. The lowest BCUT2D eigenvalue weighted by molar-refractivity contribution is 0.292. The number of benzene rings is 2. The minimum Gasteiger partial charge on any atom is -0.489 e. The first kappa shape index (κ1) is 12.8. The zero-order valence-corrected chi connectivity index (χ0v) is 10.9. The number of hydrogen-bond donors (Lipinski definition) is 1. The lowest BCUT2D eigenvalue weighted by atomic mass is 10.2. The van der Waals surface area contributed by atoms with Crippen LogP contribution in [0.2, 0.25) is 0 Å². The van der Waals surface area contributed by atoms with Crippen LogP contribution in [0.4, 0.5) is 14.5 Å². The van der Waals surface area contributed by atoms with Crippen molar-refractivity contribution in [3.05, 3.63) is 58.1 Å². The maximum atomic E-state index is 13.4. The monoisotopic (exact) mass is 313 g/mol. The first-order chi connectivity index (χ1) is 8.56. The Labute approximate surface area is 112 Å². The van der Waals surface area contributed by atoms with Crippen LogP contribution in [0.15, 0.2) is 40.9 Å². The van der Waals surface area contributed by atoms with Crippen LogP contribution in [0.3, 0.4) is 0 Å². The third kappa shape index (κ3) is 2.98. The van der Waals surface area contributed by atoms with Gasteiger partial charge in [-0.1, -0.05) is 22.0 Å². The van der Waals surface area contributed by atoms with Crippen LogP contribution in [-0.4, -0.2) is 0 Å². The Hall–Kier alpha value is -1.62. The minimum absolute atomic E-state index is 0.101. The van der Waals surface area contributed by atoms with Gasteiger partial charge in [0.1, 0.15) is 24.0 Å². The molecule has 0 saturated heterocycles. The number of nitrogen functional groups attached to an aromatic ring is 1. The molecule has 2 aromatic rings. The average molecular weight is 314 g/mol. The van der Waals surface area contributed by atoms with Crippen molar-refractivity contribution in [2.24, 2.45) is 0 Å².